The van der Waals surface area contributed by atoms with Crippen molar-refractivity contribution in [2.75, 3.05) is 40.0 Å². The third kappa shape index (κ3) is 5.74. The van der Waals surface area contributed by atoms with E-state index in [1.165, 1.54) is 12.1 Å². The van der Waals surface area contributed by atoms with Crippen LogP contribution in [0.25, 0.3) is 0 Å². The number of hydrogen-bond acceptors (Lipinski definition) is 5. The predicted octanol–water partition coefficient (Wildman–Crippen LogP) is 2.79. The SMILES string of the molecule is COc1ccccc1COC[C@H](O)CN1CCO[C@@H](c2ccc(F)cc2)C1. The van der Waals surface area contributed by atoms with Crippen LogP contribution in [0, 0.1) is 5.82 Å². The fourth-order valence-electron chi connectivity index (χ4n) is 3.23. The molecule has 1 fully saturated rings. The van der Waals surface area contributed by atoms with Crippen molar-refractivity contribution >= 4 is 0 Å². The average Bonchev–Trinajstić information content (AvgIpc) is 2.69. The topological polar surface area (TPSA) is 51.2 Å². The Morgan fingerprint density at radius 2 is 2.00 bits per heavy atom. The van der Waals surface area contributed by atoms with Gasteiger partial charge in [0.1, 0.15) is 11.6 Å². The summed E-state index contributed by atoms with van der Waals surface area (Å²) in [5.41, 5.74) is 1.90. The van der Waals surface area contributed by atoms with Crippen molar-refractivity contribution in [1.82, 2.24) is 4.90 Å². The molecule has 5 nitrogen and oxygen atoms in total. The van der Waals surface area contributed by atoms with Gasteiger partial charge in [0, 0.05) is 25.2 Å². The number of rotatable bonds is 8. The van der Waals surface area contributed by atoms with Crippen molar-refractivity contribution in [2.45, 2.75) is 18.8 Å². The lowest BCUT2D eigenvalue weighted by Crippen LogP contribution is -2.43. The number of benzene rings is 2. The zero-order valence-corrected chi connectivity index (χ0v) is 15.5. The Kier molecular flexibility index (Phi) is 7.18. The number of β-amino-alcohol motifs (C(OH)–C–C–N with tert-alkyl or cyclic N) is 1. The molecule has 2 aromatic rings. The van der Waals surface area contributed by atoms with Gasteiger partial charge in [-0.05, 0) is 23.8 Å². The van der Waals surface area contributed by atoms with E-state index in [1.54, 1.807) is 19.2 Å². The molecule has 0 radical (unpaired) electrons. The lowest BCUT2D eigenvalue weighted by atomic mass is 10.1. The molecule has 0 aromatic heterocycles. The van der Waals surface area contributed by atoms with Crippen molar-refractivity contribution < 1.29 is 23.7 Å². The molecule has 1 heterocycles. The van der Waals surface area contributed by atoms with Crippen molar-refractivity contribution in [3.05, 3.63) is 65.5 Å². The van der Waals surface area contributed by atoms with E-state index in [9.17, 15) is 9.50 Å². The maximum absolute atomic E-state index is 13.1. The normalized spacial score (nSPS) is 19.0. The van der Waals surface area contributed by atoms with Crippen LogP contribution in [0.3, 0.4) is 0 Å². The number of aliphatic hydroxyl groups is 1. The van der Waals surface area contributed by atoms with Crippen LogP contribution in [0.5, 0.6) is 5.75 Å². The highest BCUT2D eigenvalue weighted by Gasteiger charge is 2.23. The van der Waals surface area contributed by atoms with Gasteiger partial charge in [-0.15, -0.1) is 0 Å². The molecule has 0 saturated carbocycles. The van der Waals surface area contributed by atoms with Gasteiger partial charge < -0.3 is 19.3 Å². The number of morpholine rings is 1. The summed E-state index contributed by atoms with van der Waals surface area (Å²) in [7, 11) is 1.63. The fraction of sp³-hybridized carbons (Fsp3) is 0.429. The second kappa shape index (κ2) is 9.80. The number of para-hydroxylation sites is 1. The van der Waals surface area contributed by atoms with E-state index >= 15 is 0 Å². The number of ether oxygens (including phenoxy) is 3. The van der Waals surface area contributed by atoms with E-state index in [-0.39, 0.29) is 18.5 Å². The van der Waals surface area contributed by atoms with Crippen LogP contribution < -0.4 is 4.74 Å². The van der Waals surface area contributed by atoms with Crippen molar-refractivity contribution in [1.29, 1.82) is 0 Å². The second-order valence-corrected chi connectivity index (χ2v) is 6.65. The molecular weight excluding hydrogens is 349 g/mol. The molecule has 0 spiro atoms. The lowest BCUT2D eigenvalue weighted by Gasteiger charge is -2.34. The van der Waals surface area contributed by atoms with E-state index < -0.39 is 6.10 Å². The fourth-order valence-corrected chi connectivity index (χ4v) is 3.23. The smallest absolute Gasteiger partial charge is 0.124 e. The maximum atomic E-state index is 13.1. The number of aliphatic hydroxyl groups excluding tert-OH is 1. The molecule has 1 aliphatic heterocycles. The zero-order valence-electron chi connectivity index (χ0n) is 15.5. The summed E-state index contributed by atoms with van der Waals surface area (Å²) >= 11 is 0. The van der Waals surface area contributed by atoms with Crippen molar-refractivity contribution in [3.63, 3.8) is 0 Å². The summed E-state index contributed by atoms with van der Waals surface area (Å²) in [6.07, 6.45) is -0.701. The molecule has 0 unspecified atom stereocenters. The zero-order chi connectivity index (χ0) is 19.1. The quantitative estimate of drug-likeness (QED) is 0.769. The number of methoxy groups -OCH3 is 1. The van der Waals surface area contributed by atoms with Gasteiger partial charge in [-0.3, -0.25) is 4.90 Å². The van der Waals surface area contributed by atoms with E-state index in [0.717, 1.165) is 23.4 Å². The summed E-state index contributed by atoms with van der Waals surface area (Å²) in [6, 6.07) is 14.1. The molecule has 1 aliphatic rings. The Morgan fingerprint density at radius 3 is 2.78 bits per heavy atom. The van der Waals surface area contributed by atoms with Gasteiger partial charge in [0.05, 0.1) is 39.1 Å². The largest absolute Gasteiger partial charge is 0.496 e. The van der Waals surface area contributed by atoms with E-state index in [4.69, 9.17) is 14.2 Å². The van der Waals surface area contributed by atoms with Crippen LogP contribution in [-0.4, -0.2) is 56.1 Å². The Morgan fingerprint density at radius 1 is 1.22 bits per heavy atom. The standard InChI is InChI=1S/C21H26FNO4/c1-25-20-5-3-2-4-17(20)14-26-15-19(24)12-23-10-11-27-21(13-23)16-6-8-18(22)9-7-16/h2-9,19,21,24H,10-15H2,1H3/t19-,21-/m1/s1. The minimum Gasteiger partial charge on any atom is -0.496 e. The Balaban J connectivity index is 1.44. The van der Waals surface area contributed by atoms with Gasteiger partial charge in [0.2, 0.25) is 0 Å². The molecule has 2 aromatic carbocycles. The minimum atomic E-state index is -0.591. The first-order valence-electron chi connectivity index (χ1n) is 9.13. The molecule has 0 bridgehead atoms. The molecule has 0 aliphatic carbocycles. The first-order valence-corrected chi connectivity index (χ1v) is 9.13. The van der Waals surface area contributed by atoms with Crippen LogP contribution in [0.2, 0.25) is 0 Å². The first kappa shape index (κ1) is 19.8. The summed E-state index contributed by atoms with van der Waals surface area (Å²) in [4.78, 5) is 2.15. The monoisotopic (exact) mass is 375 g/mol. The van der Waals surface area contributed by atoms with Gasteiger partial charge in [-0.25, -0.2) is 4.39 Å². The average molecular weight is 375 g/mol. The maximum Gasteiger partial charge on any atom is 0.124 e. The van der Waals surface area contributed by atoms with Gasteiger partial charge in [-0.2, -0.15) is 0 Å². The molecular formula is C21H26FNO4. The molecule has 3 rings (SSSR count). The Labute approximate surface area is 159 Å². The first-order chi connectivity index (χ1) is 13.2. The van der Waals surface area contributed by atoms with E-state index in [1.807, 2.05) is 24.3 Å². The van der Waals surface area contributed by atoms with E-state index in [0.29, 0.717) is 26.3 Å². The molecule has 6 heteroatoms. The number of halogens is 1. The summed E-state index contributed by atoms with van der Waals surface area (Å²) in [5.74, 6) is 0.524. The van der Waals surface area contributed by atoms with E-state index in [2.05, 4.69) is 4.90 Å². The van der Waals surface area contributed by atoms with Gasteiger partial charge >= 0.3 is 0 Å². The number of nitrogens with zero attached hydrogens (tertiary/aromatic N) is 1. The van der Waals surface area contributed by atoms with Gasteiger partial charge in [0.15, 0.2) is 0 Å². The summed E-state index contributed by atoms with van der Waals surface area (Å²) in [6.45, 7) is 3.14. The summed E-state index contributed by atoms with van der Waals surface area (Å²) in [5, 5.41) is 10.3. The van der Waals surface area contributed by atoms with Crippen LogP contribution in [0.15, 0.2) is 48.5 Å². The van der Waals surface area contributed by atoms with Crippen LogP contribution >= 0.6 is 0 Å². The second-order valence-electron chi connectivity index (χ2n) is 6.65. The third-order valence-electron chi connectivity index (χ3n) is 4.62. The minimum absolute atomic E-state index is 0.110. The highest BCUT2D eigenvalue weighted by atomic mass is 19.1. The van der Waals surface area contributed by atoms with Gasteiger partial charge in [0.25, 0.3) is 0 Å². The van der Waals surface area contributed by atoms with Crippen molar-refractivity contribution in [3.8, 4) is 5.75 Å². The highest BCUT2D eigenvalue weighted by Crippen LogP contribution is 2.23. The molecule has 2 atom stereocenters. The van der Waals surface area contributed by atoms with Crippen LogP contribution in [0.4, 0.5) is 4.39 Å². The third-order valence-corrected chi connectivity index (χ3v) is 4.62. The Bertz CT molecular complexity index is 710. The summed E-state index contributed by atoms with van der Waals surface area (Å²) < 4.78 is 29.8. The predicted molar refractivity (Wildman–Crippen MR) is 100 cm³/mol. The number of hydrogen-bond donors (Lipinski definition) is 1. The Hall–Kier alpha value is -1.99. The molecule has 27 heavy (non-hydrogen) atoms. The highest BCUT2D eigenvalue weighted by molar-refractivity contribution is 5.32. The molecule has 1 saturated heterocycles. The molecule has 1 N–H and O–H groups in total. The van der Waals surface area contributed by atoms with Crippen LogP contribution in [0.1, 0.15) is 17.2 Å². The van der Waals surface area contributed by atoms with Crippen LogP contribution in [-0.2, 0) is 16.1 Å². The van der Waals surface area contributed by atoms with Crippen molar-refractivity contribution in [2.24, 2.45) is 0 Å². The van der Waals surface area contributed by atoms with Gasteiger partial charge in [-0.1, -0.05) is 30.3 Å². The molecule has 0 amide bonds. The lowest BCUT2D eigenvalue weighted by molar-refractivity contribution is -0.0537. The molecule has 146 valence electrons.